The Balaban J connectivity index is 2.57. The van der Waals surface area contributed by atoms with Gasteiger partial charge in [0, 0.05) is 31.7 Å². The van der Waals surface area contributed by atoms with E-state index in [0.717, 1.165) is 0 Å². The molecular weight excluding hydrogens is 269 g/mol. The van der Waals surface area contributed by atoms with E-state index in [2.05, 4.69) is 5.10 Å². The van der Waals surface area contributed by atoms with Crippen molar-refractivity contribution in [2.45, 2.75) is 6.42 Å². The first kappa shape index (κ1) is 13.8. The molecule has 0 saturated carbocycles. The molecular formula is C13H15ClFN3O. The van der Waals surface area contributed by atoms with Crippen molar-refractivity contribution in [3.05, 3.63) is 34.7 Å². The summed E-state index contributed by atoms with van der Waals surface area (Å²) in [5, 5.41) is 4.36. The van der Waals surface area contributed by atoms with Crippen molar-refractivity contribution in [3.8, 4) is 11.1 Å². The molecule has 1 heterocycles. The second-order valence-electron chi connectivity index (χ2n) is 4.17. The zero-order valence-electron chi connectivity index (χ0n) is 10.8. The number of halogens is 2. The van der Waals surface area contributed by atoms with Crippen molar-refractivity contribution in [2.75, 3.05) is 19.5 Å². The average Bonchev–Trinajstić information content (AvgIpc) is 2.66. The van der Waals surface area contributed by atoms with Crippen LogP contribution in [0.4, 0.5) is 10.2 Å². The Morgan fingerprint density at radius 3 is 2.89 bits per heavy atom. The summed E-state index contributed by atoms with van der Waals surface area (Å²) in [6, 6.07) is 4.83. The van der Waals surface area contributed by atoms with Crippen LogP contribution in [0.3, 0.4) is 0 Å². The molecule has 2 N–H and O–H groups in total. The summed E-state index contributed by atoms with van der Waals surface area (Å²) < 4.78 is 20.7. The van der Waals surface area contributed by atoms with Crippen molar-refractivity contribution < 1.29 is 9.13 Å². The zero-order valence-corrected chi connectivity index (χ0v) is 11.5. The fraction of sp³-hybridized carbons (Fsp3) is 0.308. The summed E-state index contributed by atoms with van der Waals surface area (Å²) in [4.78, 5) is 0. The third kappa shape index (κ3) is 2.57. The van der Waals surface area contributed by atoms with Crippen LogP contribution >= 0.6 is 11.6 Å². The highest BCUT2D eigenvalue weighted by atomic mass is 35.5. The highest BCUT2D eigenvalue weighted by Crippen LogP contribution is 2.34. The lowest BCUT2D eigenvalue weighted by molar-refractivity contribution is 0.201. The Hall–Kier alpha value is -1.59. The number of benzene rings is 1. The van der Waals surface area contributed by atoms with Gasteiger partial charge in [-0.2, -0.15) is 5.10 Å². The molecule has 19 heavy (non-hydrogen) atoms. The number of aryl methyl sites for hydroxylation is 1. The van der Waals surface area contributed by atoms with Crippen LogP contribution in [0.2, 0.25) is 5.02 Å². The molecule has 0 amide bonds. The molecule has 0 aliphatic heterocycles. The highest BCUT2D eigenvalue weighted by molar-refractivity contribution is 6.31. The van der Waals surface area contributed by atoms with Crippen LogP contribution in [0.25, 0.3) is 11.1 Å². The monoisotopic (exact) mass is 283 g/mol. The molecule has 0 atom stereocenters. The third-order valence-corrected chi connectivity index (χ3v) is 3.22. The predicted octanol–water partition coefficient (Wildman–Crippen LogP) is 2.65. The van der Waals surface area contributed by atoms with Crippen LogP contribution in [0.5, 0.6) is 0 Å². The lowest BCUT2D eigenvalue weighted by atomic mass is 10.0. The van der Waals surface area contributed by atoms with Crippen LogP contribution in [0.15, 0.2) is 18.2 Å². The van der Waals surface area contributed by atoms with Crippen LogP contribution in [-0.4, -0.2) is 23.5 Å². The number of nitrogens with zero attached hydrogens (tertiary/aromatic N) is 2. The molecule has 1 aromatic carbocycles. The quantitative estimate of drug-likeness (QED) is 0.938. The molecule has 6 heteroatoms. The second kappa shape index (κ2) is 5.59. The summed E-state index contributed by atoms with van der Waals surface area (Å²) in [5.41, 5.74) is 7.62. The van der Waals surface area contributed by atoms with Gasteiger partial charge in [-0.15, -0.1) is 0 Å². The lowest BCUT2D eigenvalue weighted by Gasteiger charge is -2.06. The van der Waals surface area contributed by atoms with Crippen molar-refractivity contribution in [3.63, 3.8) is 0 Å². The summed E-state index contributed by atoms with van der Waals surface area (Å²) in [6.45, 7) is 0.492. The molecule has 0 saturated heterocycles. The topological polar surface area (TPSA) is 53.1 Å². The van der Waals surface area contributed by atoms with Gasteiger partial charge in [0.2, 0.25) is 0 Å². The fourth-order valence-corrected chi connectivity index (χ4v) is 2.13. The van der Waals surface area contributed by atoms with Gasteiger partial charge in [-0.05, 0) is 6.07 Å². The number of ether oxygens (including phenoxy) is 1. The van der Waals surface area contributed by atoms with Gasteiger partial charge in [-0.3, -0.25) is 4.68 Å². The summed E-state index contributed by atoms with van der Waals surface area (Å²) in [6.07, 6.45) is 0.558. The minimum Gasteiger partial charge on any atom is -0.384 e. The SMILES string of the molecule is COCCc1nn(C)c(N)c1-c1cccc(Cl)c1F. The number of nitrogen functional groups attached to an aromatic ring is 1. The van der Waals surface area contributed by atoms with E-state index in [1.54, 1.807) is 26.3 Å². The minimum absolute atomic E-state index is 0.0680. The van der Waals surface area contributed by atoms with Crippen LogP contribution in [0, 0.1) is 5.82 Å². The Labute approximate surface area is 115 Å². The average molecular weight is 284 g/mol. The number of rotatable bonds is 4. The summed E-state index contributed by atoms with van der Waals surface area (Å²) in [5.74, 6) is -0.0743. The van der Waals surface area contributed by atoms with E-state index >= 15 is 0 Å². The van der Waals surface area contributed by atoms with Gasteiger partial charge in [0.1, 0.15) is 11.6 Å². The van der Waals surface area contributed by atoms with E-state index in [4.69, 9.17) is 22.1 Å². The number of nitrogens with two attached hydrogens (primary N) is 1. The largest absolute Gasteiger partial charge is 0.384 e. The molecule has 4 nitrogen and oxygen atoms in total. The van der Waals surface area contributed by atoms with Gasteiger partial charge < -0.3 is 10.5 Å². The second-order valence-corrected chi connectivity index (χ2v) is 4.58. The molecule has 2 rings (SSSR count). The molecule has 0 unspecified atom stereocenters. The minimum atomic E-state index is -0.484. The standard InChI is InChI=1S/C13H15ClFN3O/c1-18-13(16)11(10(17-18)6-7-19-2)8-4-3-5-9(14)12(8)15/h3-5H,6-7,16H2,1-2H3. The Morgan fingerprint density at radius 1 is 1.47 bits per heavy atom. The van der Waals surface area contributed by atoms with E-state index in [1.807, 2.05) is 0 Å². The van der Waals surface area contributed by atoms with Crippen molar-refractivity contribution in [2.24, 2.45) is 7.05 Å². The summed E-state index contributed by atoms with van der Waals surface area (Å²) >= 11 is 5.81. The Kier molecular flexibility index (Phi) is 4.07. The van der Waals surface area contributed by atoms with Crippen molar-refractivity contribution >= 4 is 17.4 Å². The molecule has 0 radical (unpaired) electrons. The van der Waals surface area contributed by atoms with Crippen molar-refractivity contribution in [1.82, 2.24) is 9.78 Å². The van der Waals surface area contributed by atoms with E-state index < -0.39 is 5.82 Å². The normalized spacial score (nSPS) is 10.9. The third-order valence-electron chi connectivity index (χ3n) is 2.93. The molecule has 0 aliphatic carbocycles. The molecule has 0 spiro atoms. The zero-order chi connectivity index (χ0) is 14.0. The van der Waals surface area contributed by atoms with Gasteiger partial charge in [-0.25, -0.2) is 4.39 Å². The molecule has 0 bridgehead atoms. The van der Waals surface area contributed by atoms with Gasteiger partial charge in [0.15, 0.2) is 0 Å². The molecule has 0 fully saturated rings. The molecule has 0 aliphatic rings. The number of hydrogen-bond acceptors (Lipinski definition) is 3. The first-order valence-electron chi connectivity index (χ1n) is 5.81. The van der Waals surface area contributed by atoms with Gasteiger partial charge in [-0.1, -0.05) is 23.7 Å². The van der Waals surface area contributed by atoms with Gasteiger partial charge in [0.25, 0.3) is 0 Å². The first-order valence-corrected chi connectivity index (χ1v) is 6.18. The molecule has 1 aromatic heterocycles. The molecule has 2 aromatic rings. The van der Waals surface area contributed by atoms with Crippen LogP contribution < -0.4 is 5.73 Å². The van der Waals surface area contributed by atoms with Gasteiger partial charge in [0.05, 0.1) is 17.3 Å². The fourth-order valence-electron chi connectivity index (χ4n) is 1.96. The highest BCUT2D eigenvalue weighted by Gasteiger charge is 2.19. The number of anilines is 1. The maximum atomic E-state index is 14.1. The van der Waals surface area contributed by atoms with Crippen LogP contribution in [-0.2, 0) is 18.2 Å². The van der Waals surface area contributed by atoms with E-state index in [-0.39, 0.29) is 5.02 Å². The Morgan fingerprint density at radius 2 is 2.21 bits per heavy atom. The maximum absolute atomic E-state index is 14.1. The molecule has 102 valence electrons. The summed E-state index contributed by atoms with van der Waals surface area (Å²) in [7, 11) is 3.32. The number of aromatic nitrogens is 2. The van der Waals surface area contributed by atoms with E-state index in [1.165, 1.54) is 10.7 Å². The lowest BCUT2D eigenvalue weighted by Crippen LogP contribution is -1.98. The van der Waals surface area contributed by atoms with Crippen molar-refractivity contribution in [1.29, 1.82) is 0 Å². The number of hydrogen-bond donors (Lipinski definition) is 1. The van der Waals surface area contributed by atoms with Gasteiger partial charge >= 0.3 is 0 Å². The van der Waals surface area contributed by atoms with E-state index in [9.17, 15) is 4.39 Å². The number of methoxy groups -OCH3 is 1. The van der Waals surface area contributed by atoms with E-state index in [0.29, 0.717) is 35.7 Å². The smallest absolute Gasteiger partial charge is 0.149 e. The first-order chi connectivity index (χ1) is 9.06. The predicted molar refractivity (Wildman–Crippen MR) is 73.6 cm³/mol. The Bertz CT molecular complexity index is 598. The van der Waals surface area contributed by atoms with Crippen LogP contribution in [0.1, 0.15) is 5.69 Å². The maximum Gasteiger partial charge on any atom is 0.149 e.